The number of aromatic nitrogens is 6. The Kier molecular flexibility index (Phi) is 7.42. The number of piperidine rings is 1. The molecule has 4 aromatic heterocycles. The van der Waals surface area contributed by atoms with E-state index in [1.165, 1.54) is 29.3 Å². The number of carbonyl (C=O) groups excluding carboxylic acids is 1. The van der Waals surface area contributed by atoms with Crippen molar-refractivity contribution in [3.63, 3.8) is 0 Å². The molecule has 2 aliphatic heterocycles. The van der Waals surface area contributed by atoms with Gasteiger partial charge in [-0.15, -0.1) is 11.3 Å². The number of rotatable bonds is 8. The van der Waals surface area contributed by atoms with Crippen LogP contribution in [0.4, 0.5) is 13.2 Å². The molecule has 0 unspecified atom stereocenters. The van der Waals surface area contributed by atoms with E-state index < -0.39 is 12.6 Å². The Morgan fingerprint density at radius 1 is 1.20 bits per heavy atom. The summed E-state index contributed by atoms with van der Waals surface area (Å²) in [6, 6.07) is 1.61. The lowest BCUT2D eigenvalue weighted by atomic mass is 9.95. The summed E-state index contributed by atoms with van der Waals surface area (Å²) in [7, 11) is 3.14. The summed E-state index contributed by atoms with van der Waals surface area (Å²) in [5.74, 6) is 0.666. The van der Waals surface area contributed by atoms with Crippen molar-refractivity contribution < 1.29 is 27.4 Å². The van der Waals surface area contributed by atoms with Crippen molar-refractivity contribution >= 4 is 22.9 Å². The van der Waals surface area contributed by atoms with Gasteiger partial charge in [-0.3, -0.25) is 14.8 Å². The number of hydrogen-bond donors (Lipinski definition) is 1. The van der Waals surface area contributed by atoms with Gasteiger partial charge in [0.25, 0.3) is 0 Å². The highest BCUT2D eigenvalue weighted by Gasteiger charge is 2.34. The molecule has 2 fully saturated rings. The average Bonchev–Trinajstić information content (AvgIpc) is 3.68. The summed E-state index contributed by atoms with van der Waals surface area (Å²) < 4.78 is 53.4. The normalized spacial score (nSPS) is 17.3. The van der Waals surface area contributed by atoms with Gasteiger partial charge in [0.1, 0.15) is 17.0 Å². The van der Waals surface area contributed by atoms with Crippen molar-refractivity contribution in [3.8, 4) is 27.7 Å². The minimum atomic E-state index is -4.46. The summed E-state index contributed by atoms with van der Waals surface area (Å²) in [5, 5.41) is 11.6. The van der Waals surface area contributed by atoms with E-state index in [2.05, 4.69) is 30.2 Å². The highest BCUT2D eigenvalue weighted by Crippen LogP contribution is 2.40. The number of hydrogen-bond acceptors (Lipinski definition) is 9. The van der Waals surface area contributed by atoms with Crippen molar-refractivity contribution in [1.82, 2.24) is 39.6 Å². The lowest BCUT2D eigenvalue weighted by Crippen LogP contribution is -2.55. The van der Waals surface area contributed by atoms with E-state index in [0.717, 1.165) is 30.8 Å². The second-order valence-corrected chi connectivity index (χ2v) is 11.4. The molecule has 41 heavy (non-hydrogen) atoms. The average molecular weight is 591 g/mol. The first kappa shape index (κ1) is 27.6. The quantitative estimate of drug-likeness (QED) is 0.332. The van der Waals surface area contributed by atoms with E-state index in [1.807, 2.05) is 4.90 Å². The van der Waals surface area contributed by atoms with Crippen molar-refractivity contribution in [2.24, 2.45) is 0 Å². The standard InChI is InChI=1S/C26H29F3N8O3S/c1-39-17-11-35(12-17)13-21(38)36-5-3-15(4-6-36)20-9-30-25(41-20)23-18(8-26(27,28)29)22(33-34-23)16-7-19(40-2)24-31-14-32-37(24)10-16/h7,9-10,14-15,17H,3-6,8,11-13H2,1-2H3,(H,33,34). The largest absolute Gasteiger partial charge is 0.493 e. The Bertz CT molecular complexity index is 1540. The fourth-order valence-corrected chi connectivity index (χ4v) is 6.53. The molecule has 0 aromatic carbocycles. The first-order valence-electron chi connectivity index (χ1n) is 13.2. The number of methoxy groups -OCH3 is 2. The topological polar surface area (TPSA) is 114 Å². The predicted octanol–water partition coefficient (Wildman–Crippen LogP) is 3.39. The van der Waals surface area contributed by atoms with Crippen LogP contribution in [0.2, 0.25) is 0 Å². The van der Waals surface area contributed by atoms with Crippen LogP contribution in [-0.2, 0) is 16.0 Å². The van der Waals surface area contributed by atoms with Gasteiger partial charge >= 0.3 is 6.18 Å². The molecule has 1 N–H and O–H groups in total. The summed E-state index contributed by atoms with van der Waals surface area (Å²) in [6.07, 6.45) is 0.762. The summed E-state index contributed by atoms with van der Waals surface area (Å²) >= 11 is 1.35. The summed E-state index contributed by atoms with van der Waals surface area (Å²) in [4.78, 5) is 26.3. The van der Waals surface area contributed by atoms with Gasteiger partial charge in [0.15, 0.2) is 11.4 Å². The first-order valence-corrected chi connectivity index (χ1v) is 14.0. The molecule has 11 nitrogen and oxygen atoms in total. The molecule has 15 heteroatoms. The second-order valence-electron chi connectivity index (χ2n) is 10.3. The lowest BCUT2D eigenvalue weighted by Gasteiger charge is -2.39. The van der Waals surface area contributed by atoms with E-state index in [9.17, 15) is 18.0 Å². The molecule has 0 radical (unpaired) electrons. The third-order valence-corrected chi connectivity index (χ3v) is 8.85. The van der Waals surface area contributed by atoms with Crippen LogP contribution < -0.4 is 4.74 Å². The third-order valence-electron chi connectivity index (χ3n) is 7.69. The van der Waals surface area contributed by atoms with E-state index in [1.54, 1.807) is 25.6 Å². The molecule has 4 aromatic rings. The first-order chi connectivity index (χ1) is 19.7. The molecule has 218 valence electrons. The Labute approximate surface area is 237 Å². The number of likely N-dealkylation sites (tertiary alicyclic amines) is 2. The SMILES string of the molecule is COc1cc(-c2[nH]nc(-c3ncc(C4CCN(C(=O)CN5CC(OC)C5)CC4)s3)c2CC(F)(F)F)cn2ncnc12. The van der Waals surface area contributed by atoms with Gasteiger partial charge in [-0.25, -0.2) is 14.5 Å². The lowest BCUT2D eigenvalue weighted by molar-refractivity contribution is -0.136. The zero-order chi connectivity index (χ0) is 28.7. The Hall–Kier alpha value is -3.56. The minimum Gasteiger partial charge on any atom is -0.493 e. The summed E-state index contributed by atoms with van der Waals surface area (Å²) in [6.45, 7) is 3.22. The molecule has 6 rings (SSSR count). The van der Waals surface area contributed by atoms with Crippen LogP contribution >= 0.6 is 11.3 Å². The number of nitrogens with one attached hydrogen (secondary N) is 1. The van der Waals surface area contributed by atoms with Crippen LogP contribution in [0.15, 0.2) is 24.8 Å². The fourth-order valence-electron chi connectivity index (χ4n) is 5.43. The predicted molar refractivity (Wildman–Crippen MR) is 144 cm³/mol. The molecule has 0 spiro atoms. The number of ether oxygens (including phenoxy) is 2. The zero-order valence-electron chi connectivity index (χ0n) is 22.5. The van der Waals surface area contributed by atoms with Crippen molar-refractivity contribution in [2.75, 3.05) is 46.9 Å². The van der Waals surface area contributed by atoms with Crippen LogP contribution in [0, 0.1) is 0 Å². The molecular weight excluding hydrogens is 561 g/mol. The van der Waals surface area contributed by atoms with Gasteiger partial charge in [0, 0.05) is 61.7 Å². The fraction of sp³-hybridized carbons (Fsp3) is 0.500. The minimum absolute atomic E-state index is 0.00189. The van der Waals surface area contributed by atoms with Gasteiger partial charge in [-0.05, 0) is 24.8 Å². The van der Waals surface area contributed by atoms with Crippen molar-refractivity contribution in [1.29, 1.82) is 0 Å². The highest BCUT2D eigenvalue weighted by atomic mass is 32.1. The molecule has 1 amide bonds. The molecular formula is C26H29F3N8O3S. The number of carbonyl (C=O) groups is 1. The van der Waals surface area contributed by atoms with Crippen LogP contribution in [0.3, 0.4) is 0 Å². The second kappa shape index (κ2) is 11.0. The van der Waals surface area contributed by atoms with Crippen LogP contribution in [0.1, 0.15) is 29.2 Å². The van der Waals surface area contributed by atoms with Gasteiger partial charge in [-0.1, -0.05) is 0 Å². The summed E-state index contributed by atoms with van der Waals surface area (Å²) in [5.41, 5.74) is 1.27. The van der Waals surface area contributed by atoms with Crippen LogP contribution in [0.25, 0.3) is 27.6 Å². The van der Waals surface area contributed by atoms with Crippen LogP contribution in [0.5, 0.6) is 5.75 Å². The Morgan fingerprint density at radius 3 is 2.68 bits per heavy atom. The number of H-pyrrole nitrogens is 1. The number of pyridine rings is 1. The molecule has 2 aliphatic rings. The van der Waals surface area contributed by atoms with E-state index in [4.69, 9.17) is 9.47 Å². The maximum absolute atomic E-state index is 13.7. The number of thiazole rings is 1. The van der Waals surface area contributed by atoms with E-state index >= 15 is 0 Å². The van der Waals surface area contributed by atoms with Gasteiger partial charge in [-0.2, -0.15) is 23.4 Å². The Morgan fingerprint density at radius 2 is 1.98 bits per heavy atom. The van der Waals surface area contributed by atoms with Crippen molar-refractivity contribution in [2.45, 2.75) is 37.5 Å². The monoisotopic (exact) mass is 590 g/mol. The van der Waals surface area contributed by atoms with Crippen LogP contribution in [-0.4, -0.2) is 105 Å². The van der Waals surface area contributed by atoms with E-state index in [0.29, 0.717) is 41.6 Å². The molecule has 0 aliphatic carbocycles. The molecule has 0 bridgehead atoms. The van der Waals surface area contributed by atoms with Gasteiger partial charge < -0.3 is 14.4 Å². The maximum atomic E-state index is 13.7. The smallest absolute Gasteiger partial charge is 0.393 e. The number of amides is 1. The van der Waals surface area contributed by atoms with Gasteiger partial charge in [0.2, 0.25) is 5.91 Å². The maximum Gasteiger partial charge on any atom is 0.393 e. The van der Waals surface area contributed by atoms with E-state index in [-0.39, 0.29) is 34.9 Å². The zero-order valence-corrected chi connectivity index (χ0v) is 23.3. The number of alkyl halides is 3. The molecule has 0 saturated carbocycles. The number of fused-ring (bicyclic) bond motifs is 1. The molecule has 0 atom stereocenters. The van der Waals surface area contributed by atoms with Gasteiger partial charge in [0.05, 0.1) is 31.9 Å². The van der Waals surface area contributed by atoms with Crippen molar-refractivity contribution in [3.05, 3.63) is 35.2 Å². The Balaban J connectivity index is 1.20. The third kappa shape index (κ3) is 5.65. The molecule has 6 heterocycles. The number of nitrogens with zero attached hydrogens (tertiary/aromatic N) is 7. The number of aromatic amines is 1. The molecule has 2 saturated heterocycles. The highest BCUT2D eigenvalue weighted by molar-refractivity contribution is 7.15. The number of halogens is 3.